The number of hydrogen-bond acceptors (Lipinski definition) is 3. The Morgan fingerprint density at radius 2 is 2.25 bits per heavy atom. The van der Waals surface area contributed by atoms with Crippen LogP contribution >= 0.6 is 11.6 Å². The second-order valence-electron chi connectivity index (χ2n) is 3.78. The molecule has 0 atom stereocenters. The van der Waals surface area contributed by atoms with Crippen LogP contribution in [0.5, 0.6) is 0 Å². The molecular weight excluding hydrogens is 230 g/mol. The molecule has 5 nitrogen and oxygen atoms in total. The Morgan fingerprint density at radius 1 is 1.56 bits per heavy atom. The summed E-state index contributed by atoms with van der Waals surface area (Å²) in [6.45, 7) is 3.97. The van der Waals surface area contributed by atoms with Crippen molar-refractivity contribution in [2.75, 3.05) is 0 Å². The quantitative estimate of drug-likeness (QED) is 0.844. The van der Waals surface area contributed by atoms with Gasteiger partial charge in [0.05, 0.1) is 16.1 Å². The summed E-state index contributed by atoms with van der Waals surface area (Å²) in [5, 5.41) is 16.7. The number of aromatic nitrogens is 3. The van der Waals surface area contributed by atoms with E-state index < -0.39 is 5.97 Å². The van der Waals surface area contributed by atoms with Crippen molar-refractivity contribution in [3.63, 3.8) is 0 Å². The lowest BCUT2D eigenvalue weighted by Gasteiger charge is -2.02. The molecule has 0 unspecified atom stereocenters. The van der Waals surface area contributed by atoms with E-state index in [9.17, 15) is 4.79 Å². The number of fused-ring (bicyclic) bond motifs is 1. The second kappa shape index (κ2) is 3.75. The van der Waals surface area contributed by atoms with Gasteiger partial charge in [0.15, 0.2) is 11.3 Å². The highest BCUT2D eigenvalue weighted by Crippen LogP contribution is 2.28. The molecule has 2 rings (SSSR count). The van der Waals surface area contributed by atoms with Crippen LogP contribution in [0, 0.1) is 0 Å². The third-order valence-corrected chi connectivity index (χ3v) is 2.57. The summed E-state index contributed by atoms with van der Waals surface area (Å²) in [5.41, 5.74) is 1.12. The monoisotopic (exact) mass is 239 g/mol. The molecule has 0 aliphatic carbocycles. The summed E-state index contributed by atoms with van der Waals surface area (Å²) in [7, 11) is 0. The predicted molar refractivity (Wildman–Crippen MR) is 59.9 cm³/mol. The molecule has 2 aromatic heterocycles. The van der Waals surface area contributed by atoms with Crippen molar-refractivity contribution < 1.29 is 9.90 Å². The zero-order valence-corrected chi connectivity index (χ0v) is 9.54. The highest BCUT2D eigenvalue weighted by Gasteiger charge is 2.16. The zero-order valence-electron chi connectivity index (χ0n) is 8.78. The van der Waals surface area contributed by atoms with Crippen LogP contribution in [0.15, 0.2) is 6.07 Å². The molecular formula is C10H10ClN3O2. The fourth-order valence-corrected chi connectivity index (χ4v) is 1.82. The summed E-state index contributed by atoms with van der Waals surface area (Å²) in [5.74, 6) is -0.909. The van der Waals surface area contributed by atoms with E-state index >= 15 is 0 Å². The van der Waals surface area contributed by atoms with Crippen molar-refractivity contribution in [3.05, 3.63) is 22.5 Å². The van der Waals surface area contributed by atoms with E-state index in [0.717, 1.165) is 5.69 Å². The van der Waals surface area contributed by atoms with Crippen molar-refractivity contribution in [1.29, 1.82) is 0 Å². The molecule has 0 amide bonds. The molecule has 16 heavy (non-hydrogen) atoms. The van der Waals surface area contributed by atoms with E-state index in [0.29, 0.717) is 16.1 Å². The fraction of sp³-hybridized carbons (Fsp3) is 0.300. The first-order valence-electron chi connectivity index (χ1n) is 4.78. The Labute approximate surface area is 96.4 Å². The summed E-state index contributed by atoms with van der Waals surface area (Å²) in [6, 6.07) is 1.34. The summed E-state index contributed by atoms with van der Waals surface area (Å²) in [6.07, 6.45) is 0. The number of halogens is 1. The topological polar surface area (TPSA) is 78.9 Å². The van der Waals surface area contributed by atoms with Crippen LogP contribution in [0.3, 0.4) is 0 Å². The van der Waals surface area contributed by atoms with Crippen molar-refractivity contribution >= 4 is 28.6 Å². The average molecular weight is 240 g/mol. The SMILES string of the molecule is CC(C)c1n[nH]c2nc(C(=O)O)cc(Cl)c12. The summed E-state index contributed by atoms with van der Waals surface area (Å²) in [4.78, 5) is 14.7. The van der Waals surface area contributed by atoms with Gasteiger partial charge < -0.3 is 5.11 Å². The minimum Gasteiger partial charge on any atom is -0.477 e. The molecule has 0 aromatic carbocycles. The number of nitrogens with zero attached hydrogens (tertiary/aromatic N) is 2. The number of hydrogen-bond donors (Lipinski definition) is 2. The van der Waals surface area contributed by atoms with Crippen molar-refractivity contribution in [2.24, 2.45) is 0 Å². The largest absolute Gasteiger partial charge is 0.477 e. The van der Waals surface area contributed by atoms with Gasteiger partial charge in [-0.3, -0.25) is 5.10 Å². The first-order valence-corrected chi connectivity index (χ1v) is 5.16. The first kappa shape index (κ1) is 10.9. The Hall–Kier alpha value is -1.62. The van der Waals surface area contributed by atoms with Crippen LogP contribution in [0.25, 0.3) is 11.0 Å². The normalized spacial score (nSPS) is 11.2. The molecule has 2 aromatic rings. The molecule has 0 aliphatic heterocycles. The smallest absolute Gasteiger partial charge is 0.354 e. The van der Waals surface area contributed by atoms with Gasteiger partial charge in [-0.2, -0.15) is 5.10 Å². The minimum absolute atomic E-state index is 0.0866. The van der Waals surface area contributed by atoms with E-state index in [4.69, 9.17) is 16.7 Å². The molecule has 2 heterocycles. The Bertz CT molecular complexity index is 562. The molecule has 0 bridgehead atoms. The molecule has 0 saturated heterocycles. The molecule has 0 aliphatic rings. The Morgan fingerprint density at radius 3 is 2.81 bits per heavy atom. The highest BCUT2D eigenvalue weighted by atomic mass is 35.5. The highest BCUT2D eigenvalue weighted by molar-refractivity contribution is 6.35. The van der Waals surface area contributed by atoms with Gasteiger partial charge in [0.25, 0.3) is 0 Å². The standard InChI is InChI=1S/C10H10ClN3O2/c1-4(2)8-7-5(11)3-6(10(15)16)12-9(7)14-13-8/h3-4H,1-2H3,(H,15,16)(H,12,13,14). The number of pyridine rings is 1. The molecule has 84 valence electrons. The van der Waals surface area contributed by atoms with Crippen LogP contribution in [0.4, 0.5) is 0 Å². The van der Waals surface area contributed by atoms with Gasteiger partial charge in [-0.15, -0.1) is 0 Å². The average Bonchev–Trinajstić information content (AvgIpc) is 2.61. The number of nitrogens with one attached hydrogen (secondary N) is 1. The summed E-state index contributed by atoms with van der Waals surface area (Å²) < 4.78 is 0. The molecule has 2 N–H and O–H groups in total. The first-order chi connectivity index (χ1) is 7.50. The van der Waals surface area contributed by atoms with Gasteiger partial charge in [0.2, 0.25) is 0 Å². The number of carboxylic acid groups (broad SMARTS) is 1. The molecule has 0 spiro atoms. The molecule has 6 heteroatoms. The molecule has 0 saturated carbocycles. The lowest BCUT2D eigenvalue weighted by Crippen LogP contribution is -2.00. The second-order valence-corrected chi connectivity index (χ2v) is 4.19. The number of rotatable bonds is 2. The van der Waals surface area contributed by atoms with Gasteiger partial charge in [-0.05, 0) is 12.0 Å². The summed E-state index contributed by atoms with van der Waals surface area (Å²) >= 11 is 6.03. The van der Waals surface area contributed by atoms with Crippen LogP contribution in [0.1, 0.15) is 35.9 Å². The van der Waals surface area contributed by atoms with Crippen molar-refractivity contribution in [2.45, 2.75) is 19.8 Å². The van der Waals surface area contributed by atoms with Crippen LogP contribution in [-0.2, 0) is 0 Å². The van der Waals surface area contributed by atoms with Gasteiger partial charge in [0.1, 0.15) is 0 Å². The zero-order chi connectivity index (χ0) is 11.9. The number of aromatic carboxylic acids is 1. The third kappa shape index (κ3) is 1.63. The van der Waals surface area contributed by atoms with Crippen LogP contribution in [0.2, 0.25) is 5.02 Å². The number of carbonyl (C=O) groups is 1. The third-order valence-electron chi connectivity index (χ3n) is 2.28. The number of aromatic amines is 1. The van der Waals surface area contributed by atoms with Crippen molar-refractivity contribution in [1.82, 2.24) is 15.2 Å². The lowest BCUT2D eigenvalue weighted by molar-refractivity contribution is 0.0691. The van der Waals surface area contributed by atoms with Crippen LogP contribution < -0.4 is 0 Å². The maximum atomic E-state index is 10.8. The Kier molecular flexibility index (Phi) is 2.55. The minimum atomic E-state index is -1.11. The van der Waals surface area contributed by atoms with E-state index in [-0.39, 0.29) is 11.6 Å². The van der Waals surface area contributed by atoms with Gasteiger partial charge in [-0.1, -0.05) is 25.4 Å². The van der Waals surface area contributed by atoms with Gasteiger partial charge in [-0.25, -0.2) is 9.78 Å². The Balaban J connectivity index is 2.73. The van der Waals surface area contributed by atoms with Gasteiger partial charge in [0, 0.05) is 0 Å². The maximum absolute atomic E-state index is 10.8. The lowest BCUT2D eigenvalue weighted by atomic mass is 10.1. The van der Waals surface area contributed by atoms with Crippen molar-refractivity contribution in [3.8, 4) is 0 Å². The van der Waals surface area contributed by atoms with E-state index in [1.165, 1.54) is 6.07 Å². The number of H-pyrrole nitrogens is 1. The molecule has 0 radical (unpaired) electrons. The molecule has 0 fully saturated rings. The van der Waals surface area contributed by atoms with E-state index in [1.54, 1.807) is 0 Å². The van der Waals surface area contributed by atoms with E-state index in [1.807, 2.05) is 13.8 Å². The van der Waals surface area contributed by atoms with Crippen LogP contribution in [-0.4, -0.2) is 26.3 Å². The van der Waals surface area contributed by atoms with Gasteiger partial charge >= 0.3 is 5.97 Å². The predicted octanol–water partition coefficient (Wildman–Crippen LogP) is 2.43. The number of carboxylic acids is 1. The van der Waals surface area contributed by atoms with E-state index in [2.05, 4.69) is 15.2 Å². The maximum Gasteiger partial charge on any atom is 0.354 e. The fourth-order valence-electron chi connectivity index (χ4n) is 1.53.